The highest BCUT2D eigenvalue weighted by Gasteiger charge is 2.36. The normalized spacial score (nSPS) is 23.8. The monoisotopic (exact) mass is 181 g/mol. The van der Waals surface area contributed by atoms with E-state index in [2.05, 4.69) is 5.32 Å². The largest absolute Gasteiger partial charge is 0.353 e. The van der Waals surface area contributed by atoms with Crippen molar-refractivity contribution in [3.05, 3.63) is 0 Å². The first-order valence-corrected chi connectivity index (χ1v) is 5.54. The number of nitrogens with one attached hydrogen (secondary N) is 1. The van der Waals surface area contributed by atoms with E-state index in [1.807, 2.05) is 0 Å². The van der Waals surface area contributed by atoms with Gasteiger partial charge in [0.1, 0.15) is 0 Å². The number of rotatable bonds is 3. The molecule has 2 fully saturated rings. The quantitative estimate of drug-likeness (QED) is 0.709. The van der Waals surface area contributed by atoms with Crippen LogP contribution in [-0.2, 0) is 4.79 Å². The zero-order valence-corrected chi connectivity index (χ0v) is 8.38. The van der Waals surface area contributed by atoms with E-state index >= 15 is 0 Å². The number of hydrogen-bond acceptors (Lipinski definition) is 1. The van der Waals surface area contributed by atoms with Gasteiger partial charge in [0.25, 0.3) is 0 Å². The van der Waals surface area contributed by atoms with Gasteiger partial charge in [-0.15, -0.1) is 0 Å². The van der Waals surface area contributed by atoms with Gasteiger partial charge < -0.3 is 5.32 Å². The molecule has 0 bridgehead atoms. The van der Waals surface area contributed by atoms with Crippen molar-refractivity contribution in [1.82, 2.24) is 5.32 Å². The van der Waals surface area contributed by atoms with Gasteiger partial charge in [-0.1, -0.05) is 12.8 Å². The molecule has 1 N–H and O–H groups in total. The van der Waals surface area contributed by atoms with E-state index in [0.29, 0.717) is 6.04 Å². The van der Waals surface area contributed by atoms with E-state index in [1.54, 1.807) is 6.92 Å². The molecule has 0 aromatic carbocycles. The molecule has 0 aliphatic heterocycles. The second kappa shape index (κ2) is 3.69. The Balaban J connectivity index is 1.88. The van der Waals surface area contributed by atoms with Crippen LogP contribution < -0.4 is 5.32 Å². The van der Waals surface area contributed by atoms with E-state index in [0.717, 1.165) is 11.8 Å². The maximum atomic E-state index is 11.0. The standard InChI is InChI=1S/C11H19NO/c1-8(13)12-11(9-4-2-5-9)10-6-3-7-10/h9-11H,2-7H2,1H3,(H,12,13). The van der Waals surface area contributed by atoms with Crippen LogP contribution in [0, 0.1) is 11.8 Å². The summed E-state index contributed by atoms with van der Waals surface area (Å²) in [5.41, 5.74) is 0. The smallest absolute Gasteiger partial charge is 0.217 e. The Morgan fingerprint density at radius 1 is 1.15 bits per heavy atom. The fourth-order valence-corrected chi connectivity index (χ4v) is 2.45. The van der Waals surface area contributed by atoms with Crippen molar-refractivity contribution in [2.24, 2.45) is 11.8 Å². The summed E-state index contributed by atoms with van der Waals surface area (Å²) in [6.07, 6.45) is 8.08. The zero-order chi connectivity index (χ0) is 9.26. The molecule has 0 aromatic rings. The van der Waals surface area contributed by atoms with Crippen LogP contribution in [0.4, 0.5) is 0 Å². The Morgan fingerprint density at radius 2 is 1.62 bits per heavy atom. The third-order valence-electron chi connectivity index (χ3n) is 3.69. The third-order valence-corrected chi connectivity index (χ3v) is 3.69. The summed E-state index contributed by atoms with van der Waals surface area (Å²) >= 11 is 0. The molecule has 2 aliphatic rings. The minimum Gasteiger partial charge on any atom is -0.353 e. The van der Waals surface area contributed by atoms with Gasteiger partial charge in [-0.3, -0.25) is 4.79 Å². The molecule has 1 amide bonds. The fraction of sp³-hybridized carbons (Fsp3) is 0.909. The molecule has 0 heterocycles. The lowest BCUT2D eigenvalue weighted by Gasteiger charge is -2.42. The van der Waals surface area contributed by atoms with Crippen molar-refractivity contribution >= 4 is 5.91 Å². The maximum Gasteiger partial charge on any atom is 0.217 e. The van der Waals surface area contributed by atoms with Gasteiger partial charge in [0.2, 0.25) is 5.91 Å². The molecule has 2 rings (SSSR count). The van der Waals surface area contributed by atoms with Crippen LogP contribution in [0.3, 0.4) is 0 Å². The van der Waals surface area contributed by atoms with Crippen LogP contribution >= 0.6 is 0 Å². The van der Waals surface area contributed by atoms with E-state index in [-0.39, 0.29) is 5.91 Å². The van der Waals surface area contributed by atoms with Gasteiger partial charge in [-0.05, 0) is 37.5 Å². The summed E-state index contributed by atoms with van der Waals surface area (Å²) in [5.74, 6) is 1.76. The summed E-state index contributed by atoms with van der Waals surface area (Å²) in [6.45, 7) is 1.64. The van der Waals surface area contributed by atoms with Crippen molar-refractivity contribution < 1.29 is 4.79 Å². The number of amides is 1. The average molecular weight is 181 g/mol. The molecule has 0 unspecified atom stereocenters. The highest BCUT2D eigenvalue weighted by Crippen LogP contribution is 2.39. The van der Waals surface area contributed by atoms with Crippen molar-refractivity contribution in [2.45, 2.75) is 51.5 Å². The van der Waals surface area contributed by atoms with E-state index in [4.69, 9.17) is 0 Å². The molecule has 2 saturated carbocycles. The lowest BCUT2D eigenvalue weighted by atomic mass is 9.68. The van der Waals surface area contributed by atoms with Crippen LogP contribution in [0.1, 0.15) is 45.4 Å². The van der Waals surface area contributed by atoms with E-state index < -0.39 is 0 Å². The SMILES string of the molecule is CC(=O)NC(C1CCC1)C1CCC1. The first-order valence-electron chi connectivity index (χ1n) is 5.54. The highest BCUT2D eigenvalue weighted by atomic mass is 16.1. The zero-order valence-electron chi connectivity index (χ0n) is 8.38. The van der Waals surface area contributed by atoms with Crippen molar-refractivity contribution in [1.29, 1.82) is 0 Å². The summed E-state index contributed by atoms with van der Waals surface area (Å²) < 4.78 is 0. The summed E-state index contributed by atoms with van der Waals surface area (Å²) in [6, 6.07) is 0.514. The van der Waals surface area contributed by atoms with Crippen molar-refractivity contribution in [2.75, 3.05) is 0 Å². The fourth-order valence-electron chi connectivity index (χ4n) is 2.45. The minimum atomic E-state index is 0.156. The van der Waals surface area contributed by atoms with Gasteiger partial charge in [-0.25, -0.2) is 0 Å². The van der Waals surface area contributed by atoms with Gasteiger partial charge >= 0.3 is 0 Å². The molecule has 0 atom stereocenters. The van der Waals surface area contributed by atoms with Crippen LogP contribution in [0.2, 0.25) is 0 Å². The topological polar surface area (TPSA) is 29.1 Å². The Morgan fingerprint density at radius 3 is 1.85 bits per heavy atom. The molecule has 0 saturated heterocycles. The van der Waals surface area contributed by atoms with E-state index in [1.165, 1.54) is 38.5 Å². The molecule has 0 aromatic heterocycles. The molecular formula is C11H19NO. The Hall–Kier alpha value is -0.530. The summed E-state index contributed by atoms with van der Waals surface area (Å²) in [4.78, 5) is 11.0. The molecule has 2 heteroatoms. The molecule has 0 spiro atoms. The number of hydrogen-bond donors (Lipinski definition) is 1. The average Bonchev–Trinajstić information content (AvgIpc) is 1.75. The van der Waals surface area contributed by atoms with Gasteiger partial charge in [0.15, 0.2) is 0 Å². The van der Waals surface area contributed by atoms with Gasteiger partial charge in [0, 0.05) is 13.0 Å². The van der Waals surface area contributed by atoms with E-state index in [9.17, 15) is 4.79 Å². The lowest BCUT2D eigenvalue weighted by molar-refractivity contribution is -0.121. The molecular weight excluding hydrogens is 162 g/mol. The van der Waals surface area contributed by atoms with Crippen LogP contribution in [-0.4, -0.2) is 11.9 Å². The van der Waals surface area contributed by atoms with Crippen LogP contribution in [0.5, 0.6) is 0 Å². The Labute approximate surface area is 80.1 Å². The number of carbonyl (C=O) groups is 1. The van der Waals surface area contributed by atoms with Crippen molar-refractivity contribution in [3.63, 3.8) is 0 Å². The second-order valence-electron chi connectivity index (χ2n) is 4.61. The molecule has 13 heavy (non-hydrogen) atoms. The summed E-state index contributed by atoms with van der Waals surface area (Å²) in [5, 5.41) is 3.14. The lowest BCUT2D eigenvalue weighted by Crippen LogP contribution is -2.48. The Bertz CT molecular complexity index is 180. The van der Waals surface area contributed by atoms with Crippen molar-refractivity contribution in [3.8, 4) is 0 Å². The Kier molecular flexibility index (Phi) is 2.56. The molecule has 2 nitrogen and oxygen atoms in total. The second-order valence-corrected chi connectivity index (χ2v) is 4.61. The molecule has 74 valence electrons. The minimum absolute atomic E-state index is 0.156. The van der Waals surface area contributed by atoms with Crippen LogP contribution in [0.25, 0.3) is 0 Å². The highest BCUT2D eigenvalue weighted by molar-refractivity contribution is 5.73. The van der Waals surface area contributed by atoms with Crippen LogP contribution in [0.15, 0.2) is 0 Å². The predicted octanol–water partition coefficient (Wildman–Crippen LogP) is 2.09. The summed E-state index contributed by atoms with van der Waals surface area (Å²) in [7, 11) is 0. The predicted molar refractivity (Wildman–Crippen MR) is 52.3 cm³/mol. The van der Waals surface area contributed by atoms with Gasteiger partial charge in [0.05, 0.1) is 0 Å². The maximum absolute atomic E-state index is 11.0. The number of carbonyl (C=O) groups excluding carboxylic acids is 1. The molecule has 2 aliphatic carbocycles. The third kappa shape index (κ3) is 1.87. The molecule has 0 radical (unpaired) electrons. The first-order chi connectivity index (χ1) is 6.27. The van der Waals surface area contributed by atoms with Gasteiger partial charge in [-0.2, -0.15) is 0 Å². The first kappa shape index (κ1) is 9.04.